The lowest BCUT2D eigenvalue weighted by molar-refractivity contribution is -0.141. The van der Waals surface area contributed by atoms with Crippen molar-refractivity contribution in [2.24, 2.45) is 4.99 Å². The van der Waals surface area contributed by atoms with Gasteiger partial charge in [-0.1, -0.05) is 48.6 Å². The van der Waals surface area contributed by atoms with Crippen LogP contribution in [-0.2, 0) is 9.53 Å². The molecular formula is C16H17NO2. The molecule has 1 atom stereocenters. The molecule has 0 bridgehead atoms. The Hall–Kier alpha value is -2.16. The van der Waals surface area contributed by atoms with Crippen LogP contribution in [0.3, 0.4) is 0 Å². The summed E-state index contributed by atoms with van der Waals surface area (Å²) in [7, 11) is 1.40. The Bertz CT molecular complexity index is 515. The highest BCUT2D eigenvalue weighted by atomic mass is 16.5. The second kappa shape index (κ2) is 6.69. The molecule has 3 nitrogen and oxygen atoms in total. The van der Waals surface area contributed by atoms with Crippen molar-refractivity contribution in [3.8, 4) is 0 Å². The van der Waals surface area contributed by atoms with E-state index in [2.05, 4.69) is 17.1 Å². The third kappa shape index (κ3) is 3.65. The Balaban J connectivity index is 2.17. The van der Waals surface area contributed by atoms with Gasteiger partial charge in [0.25, 0.3) is 0 Å². The molecule has 0 spiro atoms. The highest BCUT2D eigenvalue weighted by Gasteiger charge is 2.22. The molecule has 0 saturated carbocycles. The maximum atomic E-state index is 11.8. The van der Waals surface area contributed by atoms with Gasteiger partial charge >= 0.3 is 5.97 Å². The predicted octanol–water partition coefficient (Wildman–Crippen LogP) is 2.92. The number of nitrogens with zero attached hydrogens (tertiary/aromatic N) is 1. The van der Waals surface area contributed by atoms with E-state index in [-0.39, 0.29) is 5.97 Å². The fourth-order valence-electron chi connectivity index (χ4n) is 1.96. The van der Waals surface area contributed by atoms with Gasteiger partial charge in [-0.15, -0.1) is 0 Å². The van der Waals surface area contributed by atoms with Gasteiger partial charge in [0.05, 0.1) is 7.11 Å². The Kier molecular flexibility index (Phi) is 4.67. The SMILES string of the molecule is COC(=O)[C@H](N=Cc1ccccc1)C1=CCC=CC1. The first-order valence-corrected chi connectivity index (χ1v) is 6.31. The van der Waals surface area contributed by atoms with E-state index in [4.69, 9.17) is 4.74 Å². The summed E-state index contributed by atoms with van der Waals surface area (Å²) < 4.78 is 4.84. The number of aliphatic imine (C=N–C) groups is 1. The molecule has 0 aromatic heterocycles. The largest absolute Gasteiger partial charge is 0.467 e. The van der Waals surface area contributed by atoms with E-state index in [9.17, 15) is 4.79 Å². The molecule has 1 aromatic rings. The number of rotatable bonds is 4. The molecule has 0 N–H and O–H groups in total. The zero-order valence-corrected chi connectivity index (χ0v) is 11.0. The topological polar surface area (TPSA) is 38.7 Å². The summed E-state index contributed by atoms with van der Waals surface area (Å²) >= 11 is 0. The molecule has 0 saturated heterocycles. The lowest BCUT2D eigenvalue weighted by Gasteiger charge is -2.15. The fraction of sp³-hybridized carbons (Fsp3) is 0.250. The molecule has 1 aromatic carbocycles. The first-order valence-electron chi connectivity index (χ1n) is 6.31. The van der Waals surface area contributed by atoms with Gasteiger partial charge in [0, 0.05) is 6.21 Å². The number of esters is 1. The first-order chi connectivity index (χ1) is 9.31. The van der Waals surface area contributed by atoms with Crippen LogP contribution in [0.25, 0.3) is 0 Å². The van der Waals surface area contributed by atoms with Crippen molar-refractivity contribution in [1.82, 2.24) is 0 Å². The Labute approximate surface area is 113 Å². The lowest BCUT2D eigenvalue weighted by atomic mass is 9.99. The van der Waals surface area contributed by atoms with Crippen molar-refractivity contribution in [1.29, 1.82) is 0 Å². The smallest absolute Gasteiger partial charge is 0.334 e. The zero-order valence-electron chi connectivity index (χ0n) is 11.0. The highest BCUT2D eigenvalue weighted by molar-refractivity contribution is 5.86. The molecule has 19 heavy (non-hydrogen) atoms. The summed E-state index contributed by atoms with van der Waals surface area (Å²) in [6.07, 6.45) is 9.52. The summed E-state index contributed by atoms with van der Waals surface area (Å²) in [5, 5.41) is 0. The Morgan fingerprint density at radius 2 is 2.11 bits per heavy atom. The zero-order chi connectivity index (χ0) is 13.5. The van der Waals surface area contributed by atoms with Crippen LogP contribution in [0.2, 0.25) is 0 Å². The van der Waals surface area contributed by atoms with E-state index in [1.54, 1.807) is 6.21 Å². The highest BCUT2D eigenvalue weighted by Crippen LogP contribution is 2.18. The molecule has 2 rings (SSSR count). The molecule has 0 unspecified atom stereocenters. The molecule has 0 amide bonds. The van der Waals surface area contributed by atoms with E-state index >= 15 is 0 Å². The van der Waals surface area contributed by atoms with Crippen molar-refractivity contribution in [2.45, 2.75) is 18.9 Å². The maximum Gasteiger partial charge on any atom is 0.334 e. The van der Waals surface area contributed by atoms with Crippen LogP contribution in [0.1, 0.15) is 18.4 Å². The Morgan fingerprint density at radius 3 is 2.74 bits per heavy atom. The number of hydrogen-bond acceptors (Lipinski definition) is 3. The van der Waals surface area contributed by atoms with Crippen LogP contribution in [0.15, 0.2) is 59.1 Å². The summed E-state index contributed by atoms with van der Waals surface area (Å²) in [5.74, 6) is -0.311. The van der Waals surface area contributed by atoms with Crippen LogP contribution in [0.5, 0.6) is 0 Å². The molecule has 0 aliphatic heterocycles. The minimum absolute atomic E-state index is 0.311. The number of allylic oxidation sites excluding steroid dienone is 3. The molecule has 1 aliphatic carbocycles. The van der Waals surface area contributed by atoms with Crippen LogP contribution in [0.4, 0.5) is 0 Å². The van der Waals surface area contributed by atoms with E-state index in [1.165, 1.54) is 7.11 Å². The monoisotopic (exact) mass is 255 g/mol. The molecular weight excluding hydrogens is 238 g/mol. The van der Waals surface area contributed by atoms with Gasteiger partial charge in [-0.3, -0.25) is 4.99 Å². The van der Waals surface area contributed by atoms with Crippen molar-refractivity contribution in [3.63, 3.8) is 0 Å². The lowest BCUT2D eigenvalue weighted by Crippen LogP contribution is -2.23. The van der Waals surface area contributed by atoms with Gasteiger partial charge in [-0.05, 0) is 24.0 Å². The van der Waals surface area contributed by atoms with E-state index in [0.29, 0.717) is 0 Å². The van der Waals surface area contributed by atoms with Crippen LogP contribution >= 0.6 is 0 Å². The standard InChI is InChI=1S/C16H17NO2/c1-19-16(18)15(14-10-6-3-7-11-14)17-12-13-8-4-2-5-9-13/h2-6,8-9,11-12,15H,7,10H2,1H3/t15-/m1/s1. The normalized spacial score (nSPS) is 16.2. The van der Waals surface area contributed by atoms with E-state index in [0.717, 1.165) is 24.0 Å². The van der Waals surface area contributed by atoms with Crippen molar-refractivity contribution < 1.29 is 9.53 Å². The summed E-state index contributed by atoms with van der Waals surface area (Å²) in [6, 6.07) is 9.20. The Morgan fingerprint density at radius 1 is 1.32 bits per heavy atom. The summed E-state index contributed by atoms with van der Waals surface area (Å²) in [5.41, 5.74) is 1.98. The predicted molar refractivity (Wildman–Crippen MR) is 76.3 cm³/mol. The van der Waals surface area contributed by atoms with Crippen LogP contribution < -0.4 is 0 Å². The number of benzene rings is 1. The molecule has 98 valence electrons. The molecule has 0 fully saturated rings. The summed E-state index contributed by atoms with van der Waals surface area (Å²) in [6.45, 7) is 0. The minimum atomic E-state index is -0.532. The van der Waals surface area contributed by atoms with Gasteiger partial charge in [-0.25, -0.2) is 4.79 Å². The number of methoxy groups -OCH3 is 1. The third-order valence-corrected chi connectivity index (χ3v) is 2.98. The van der Waals surface area contributed by atoms with Gasteiger partial charge in [0.1, 0.15) is 0 Å². The molecule has 0 heterocycles. The average Bonchev–Trinajstić information content (AvgIpc) is 2.49. The number of ether oxygens (including phenoxy) is 1. The first kappa shape index (κ1) is 13.3. The quantitative estimate of drug-likeness (QED) is 0.471. The molecule has 3 heteroatoms. The van der Waals surface area contributed by atoms with E-state index < -0.39 is 6.04 Å². The molecule has 0 radical (unpaired) electrons. The van der Waals surface area contributed by atoms with Crippen molar-refractivity contribution >= 4 is 12.2 Å². The average molecular weight is 255 g/mol. The van der Waals surface area contributed by atoms with Gasteiger partial charge in [-0.2, -0.15) is 0 Å². The van der Waals surface area contributed by atoms with E-state index in [1.807, 2.05) is 36.4 Å². The number of carbonyl (C=O) groups excluding carboxylic acids is 1. The fourth-order valence-corrected chi connectivity index (χ4v) is 1.96. The second-order valence-corrected chi connectivity index (χ2v) is 4.30. The maximum absolute atomic E-state index is 11.8. The van der Waals surface area contributed by atoms with Gasteiger partial charge in [0.15, 0.2) is 6.04 Å². The molecule has 1 aliphatic rings. The third-order valence-electron chi connectivity index (χ3n) is 2.98. The van der Waals surface area contributed by atoms with Crippen molar-refractivity contribution in [2.75, 3.05) is 7.11 Å². The van der Waals surface area contributed by atoms with Gasteiger partial charge < -0.3 is 4.74 Å². The second-order valence-electron chi connectivity index (χ2n) is 4.30. The summed E-state index contributed by atoms with van der Waals surface area (Å²) in [4.78, 5) is 16.2. The van der Waals surface area contributed by atoms with Crippen LogP contribution in [-0.4, -0.2) is 25.3 Å². The number of carbonyl (C=O) groups is 1. The van der Waals surface area contributed by atoms with Gasteiger partial charge in [0.2, 0.25) is 0 Å². The van der Waals surface area contributed by atoms with Crippen molar-refractivity contribution in [3.05, 3.63) is 59.7 Å². The van der Waals surface area contributed by atoms with Crippen LogP contribution in [0, 0.1) is 0 Å². The number of hydrogen-bond donors (Lipinski definition) is 0. The minimum Gasteiger partial charge on any atom is -0.467 e.